The number of ether oxygens (including phenoxy) is 1. The van der Waals surface area contributed by atoms with E-state index < -0.39 is 39.7 Å². The fraction of sp³-hybridized carbons (Fsp3) is 0.387. The zero-order valence-electron chi connectivity index (χ0n) is 24.1. The fourth-order valence-corrected chi connectivity index (χ4v) is 5.58. The molecule has 0 heterocycles. The number of hydrogen-bond donors (Lipinski definition) is 3. The lowest BCUT2D eigenvalue weighted by molar-refractivity contribution is 0.0830. The minimum absolute atomic E-state index is 0.0409. The van der Waals surface area contributed by atoms with Crippen LogP contribution in [0.15, 0.2) is 66.7 Å². The van der Waals surface area contributed by atoms with Crippen LogP contribution < -0.4 is 14.9 Å². The average Bonchev–Trinajstić information content (AvgIpc) is 2.94. The summed E-state index contributed by atoms with van der Waals surface area (Å²) in [6, 6.07) is 16.3. The summed E-state index contributed by atoms with van der Waals surface area (Å²) in [5.74, 6) is -2.10. The number of sulfonamides is 1. The Hall–Kier alpha value is -3.38. The number of carbonyl (C=O) groups is 1. The minimum Gasteiger partial charge on any atom is -0.390 e. The van der Waals surface area contributed by atoms with E-state index in [2.05, 4.69) is 23.6 Å². The first-order chi connectivity index (χ1) is 20.0. The second kappa shape index (κ2) is 15.7. The smallest absolute Gasteiger partial charge is 0.251 e. The molecule has 0 aromatic heterocycles. The lowest BCUT2D eigenvalue weighted by atomic mass is 10.00. The first-order valence-electron chi connectivity index (χ1n) is 13.8. The van der Waals surface area contributed by atoms with Crippen LogP contribution in [-0.4, -0.2) is 64.6 Å². The van der Waals surface area contributed by atoms with Crippen molar-refractivity contribution in [3.63, 3.8) is 0 Å². The Morgan fingerprint density at radius 1 is 1.00 bits per heavy atom. The van der Waals surface area contributed by atoms with Crippen molar-refractivity contribution < 1.29 is 31.8 Å². The fourth-order valence-electron chi connectivity index (χ4n) is 4.63. The number of aliphatic hydroxyl groups is 1. The molecule has 3 rings (SSSR count). The summed E-state index contributed by atoms with van der Waals surface area (Å²) >= 11 is 0. The van der Waals surface area contributed by atoms with Crippen LogP contribution in [0.2, 0.25) is 0 Å². The van der Waals surface area contributed by atoms with Crippen LogP contribution in [0.3, 0.4) is 0 Å². The standard InChI is InChI=1S/C31H39F2N3O5S/c1-4-22-8-5-9-23(14-22)20-34-21-30(37)29(17-24-15-26(32)19-27(33)16-24)35-31(38)25-10-6-11-28(18-25)36(42(3,39)40)12-7-13-41-2/h5-6,8-11,14-16,18-19,29-30,34,37H,4,7,12-13,17,20-21H2,1-3H3,(H,35,38)/t29-,30+/m0/s1. The first kappa shape index (κ1) is 33.1. The summed E-state index contributed by atoms with van der Waals surface area (Å²) in [6.07, 6.45) is 1.28. The summed E-state index contributed by atoms with van der Waals surface area (Å²) in [6.45, 7) is 3.17. The van der Waals surface area contributed by atoms with Crippen molar-refractivity contribution in [1.82, 2.24) is 10.6 Å². The number of aryl methyl sites for hydroxylation is 1. The average molecular weight is 604 g/mol. The molecule has 42 heavy (non-hydrogen) atoms. The molecule has 0 saturated carbocycles. The maximum atomic E-state index is 13.9. The Kier molecular flexibility index (Phi) is 12.4. The normalized spacial score (nSPS) is 13.0. The molecule has 0 aliphatic heterocycles. The summed E-state index contributed by atoms with van der Waals surface area (Å²) in [7, 11) is -2.11. The number of rotatable bonds is 16. The molecular weight excluding hydrogens is 564 g/mol. The van der Waals surface area contributed by atoms with Crippen molar-refractivity contribution in [2.24, 2.45) is 0 Å². The van der Waals surface area contributed by atoms with Gasteiger partial charge in [-0.05, 0) is 66.3 Å². The van der Waals surface area contributed by atoms with Crippen molar-refractivity contribution in [1.29, 1.82) is 0 Å². The molecule has 0 unspecified atom stereocenters. The molecule has 3 aromatic rings. The van der Waals surface area contributed by atoms with Crippen molar-refractivity contribution in [2.45, 2.75) is 44.9 Å². The van der Waals surface area contributed by atoms with Crippen molar-refractivity contribution in [2.75, 3.05) is 37.4 Å². The van der Waals surface area contributed by atoms with Gasteiger partial charge in [0.15, 0.2) is 0 Å². The molecule has 228 valence electrons. The van der Waals surface area contributed by atoms with E-state index >= 15 is 0 Å². The maximum Gasteiger partial charge on any atom is 0.251 e. The van der Waals surface area contributed by atoms with E-state index in [1.807, 2.05) is 18.2 Å². The summed E-state index contributed by atoms with van der Waals surface area (Å²) < 4.78 is 59.0. The van der Waals surface area contributed by atoms with E-state index in [0.29, 0.717) is 25.3 Å². The van der Waals surface area contributed by atoms with E-state index in [0.717, 1.165) is 36.4 Å². The highest BCUT2D eigenvalue weighted by Gasteiger charge is 2.24. The highest BCUT2D eigenvalue weighted by atomic mass is 32.2. The number of amides is 1. The van der Waals surface area contributed by atoms with E-state index in [9.17, 15) is 27.1 Å². The molecule has 3 aromatic carbocycles. The quantitative estimate of drug-likeness (QED) is 0.215. The van der Waals surface area contributed by atoms with Gasteiger partial charge in [-0.25, -0.2) is 17.2 Å². The Morgan fingerprint density at radius 3 is 2.36 bits per heavy atom. The molecule has 3 N–H and O–H groups in total. The Bertz CT molecular complexity index is 1420. The van der Waals surface area contributed by atoms with Crippen molar-refractivity contribution >= 4 is 21.6 Å². The third kappa shape index (κ3) is 10.2. The number of aliphatic hydroxyl groups excluding tert-OH is 1. The topological polar surface area (TPSA) is 108 Å². The van der Waals surface area contributed by atoms with E-state index in [-0.39, 0.29) is 30.6 Å². The van der Waals surface area contributed by atoms with Gasteiger partial charge in [0.1, 0.15) is 11.6 Å². The molecule has 0 fully saturated rings. The molecule has 1 amide bonds. The molecule has 0 radical (unpaired) electrons. The number of methoxy groups -OCH3 is 1. The van der Waals surface area contributed by atoms with E-state index in [1.165, 1.54) is 29.1 Å². The number of anilines is 1. The molecule has 8 nitrogen and oxygen atoms in total. The van der Waals surface area contributed by atoms with Gasteiger partial charge in [-0.2, -0.15) is 0 Å². The molecule has 0 spiro atoms. The summed E-state index contributed by atoms with van der Waals surface area (Å²) in [5.41, 5.74) is 2.96. The highest BCUT2D eigenvalue weighted by molar-refractivity contribution is 7.92. The zero-order valence-corrected chi connectivity index (χ0v) is 25.0. The number of halogens is 2. The van der Waals surface area contributed by atoms with Crippen LogP contribution in [-0.2, 0) is 34.1 Å². The number of nitrogens with zero attached hydrogens (tertiary/aromatic N) is 1. The predicted octanol–water partition coefficient (Wildman–Crippen LogP) is 3.82. The zero-order chi connectivity index (χ0) is 30.7. The van der Waals surface area contributed by atoms with Gasteiger partial charge in [0.2, 0.25) is 10.0 Å². The third-order valence-corrected chi connectivity index (χ3v) is 7.94. The van der Waals surface area contributed by atoms with E-state index in [4.69, 9.17) is 4.74 Å². The Morgan fingerprint density at radius 2 is 1.69 bits per heavy atom. The molecular formula is C31H39F2N3O5S. The third-order valence-electron chi connectivity index (χ3n) is 6.75. The van der Waals surface area contributed by atoms with E-state index in [1.54, 1.807) is 12.1 Å². The first-order valence-corrected chi connectivity index (χ1v) is 15.6. The van der Waals surface area contributed by atoms with Crippen LogP contribution in [0.5, 0.6) is 0 Å². The number of nitrogens with one attached hydrogen (secondary N) is 2. The van der Waals surface area contributed by atoms with Gasteiger partial charge in [-0.3, -0.25) is 9.10 Å². The van der Waals surface area contributed by atoms with Gasteiger partial charge < -0.3 is 20.5 Å². The lowest BCUT2D eigenvalue weighted by Gasteiger charge is -2.26. The lowest BCUT2D eigenvalue weighted by Crippen LogP contribution is -2.48. The summed E-state index contributed by atoms with van der Waals surface area (Å²) in [5, 5.41) is 17.1. The van der Waals surface area contributed by atoms with Gasteiger partial charge in [-0.1, -0.05) is 37.3 Å². The SMILES string of the molecule is CCc1cccc(CNC[C@@H](O)[C@H](Cc2cc(F)cc(F)c2)NC(=O)c2cccc(N(CCCOC)S(C)(=O)=O)c2)c1. The Labute approximate surface area is 246 Å². The highest BCUT2D eigenvalue weighted by Crippen LogP contribution is 2.20. The van der Waals surface area contributed by atoms with Crippen molar-refractivity contribution in [3.8, 4) is 0 Å². The predicted molar refractivity (Wildman–Crippen MR) is 160 cm³/mol. The maximum absolute atomic E-state index is 13.9. The Balaban J connectivity index is 1.79. The minimum atomic E-state index is -3.64. The summed E-state index contributed by atoms with van der Waals surface area (Å²) in [4.78, 5) is 13.4. The molecule has 2 atom stereocenters. The van der Waals surface area contributed by atoms with Crippen LogP contribution in [0, 0.1) is 11.6 Å². The number of benzene rings is 3. The van der Waals surface area contributed by atoms with Crippen LogP contribution in [0.4, 0.5) is 14.5 Å². The number of carbonyl (C=O) groups excluding carboxylic acids is 1. The van der Waals surface area contributed by atoms with Crippen LogP contribution in [0.1, 0.15) is 40.4 Å². The van der Waals surface area contributed by atoms with Crippen LogP contribution >= 0.6 is 0 Å². The van der Waals surface area contributed by atoms with Gasteiger partial charge >= 0.3 is 0 Å². The van der Waals surface area contributed by atoms with Crippen LogP contribution in [0.25, 0.3) is 0 Å². The number of hydrogen-bond acceptors (Lipinski definition) is 6. The second-order valence-corrected chi connectivity index (χ2v) is 12.1. The van der Waals surface area contributed by atoms with Gasteiger partial charge in [0.05, 0.1) is 24.1 Å². The van der Waals surface area contributed by atoms with Crippen molar-refractivity contribution in [3.05, 3.63) is 101 Å². The second-order valence-electron chi connectivity index (χ2n) is 10.2. The molecule has 11 heteroatoms. The molecule has 0 aliphatic rings. The van der Waals surface area contributed by atoms with Gasteiger partial charge in [0.25, 0.3) is 5.91 Å². The molecule has 0 aliphatic carbocycles. The van der Waals surface area contributed by atoms with Gasteiger partial charge in [-0.15, -0.1) is 0 Å². The monoisotopic (exact) mass is 603 g/mol. The van der Waals surface area contributed by atoms with Gasteiger partial charge in [0, 0.05) is 45.0 Å². The largest absolute Gasteiger partial charge is 0.390 e. The molecule has 0 saturated heterocycles. The molecule has 0 bridgehead atoms.